The normalized spacial score (nSPS) is 21.0. The fraction of sp³-hybridized carbons (Fsp3) is 0.231. The van der Waals surface area contributed by atoms with Gasteiger partial charge in [-0.05, 0) is 53.1 Å². The average Bonchev–Trinajstić information content (AvgIpc) is 3.46. The molecule has 0 aliphatic carbocycles. The summed E-state index contributed by atoms with van der Waals surface area (Å²) >= 11 is 0. The summed E-state index contributed by atoms with van der Waals surface area (Å²) in [5, 5.41) is 20.5. The number of aromatic nitrogens is 2. The lowest BCUT2D eigenvalue weighted by atomic mass is 9.84. The summed E-state index contributed by atoms with van der Waals surface area (Å²) in [7, 11) is 2.00. The number of anilines is 1. The number of nitrogens with zero attached hydrogens (tertiary/aromatic N) is 2. The fourth-order valence-corrected chi connectivity index (χ4v) is 5.27. The van der Waals surface area contributed by atoms with Gasteiger partial charge in [0, 0.05) is 43.3 Å². The van der Waals surface area contributed by atoms with E-state index in [4.69, 9.17) is 0 Å². The number of phenols is 1. The number of fused-ring (bicyclic) bond motifs is 3. The summed E-state index contributed by atoms with van der Waals surface area (Å²) < 4.78 is 2.02. The molecule has 2 aliphatic heterocycles. The number of aryl methyl sites for hydroxylation is 1. The number of rotatable bonds is 5. The van der Waals surface area contributed by atoms with Crippen LogP contribution in [0.25, 0.3) is 11.0 Å². The van der Waals surface area contributed by atoms with E-state index in [0.29, 0.717) is 5.56 Å². The van der Waals surface area contributed by atoms with Crippen molar-refractivity contribution in [3.63, 3.8) is 0 Å². The predicted octanol–water partition coefficient (Wildman–Crippen LogP) is 3.43. The largest absolute Gasteiger partial charge is 0.508 e. The zero-order valence-corrected chi connectivity index (χ0v) is 18.2. The predicted molar refractivity (Wildman–Crippen MR) is 127 cm³/mol. The van der Waals surface area contributed by atoms with E-state index in [1.54, 1.807) is 18.2 Å². The highest BCUT2D eigenvalue weighted by molar-refractivity contribution is 5.99. The Balaban J connectivity index is 1.25. The number of benzene rings is 3. The number of imidazole rings is 1. The Hall–Kier alpha value is -3.84. The molecule has 3 aromatic carbocycles. The van der Waals surface area contributed by atoms with Crippen molar-refractivity contribution in [2.75, 3.05) is 11.9 Å². The minimum absolute atomic E-state index is 0.0407. The number of hydrogen-bond donors (Lipinski definition) is 4. The molecule has 33 heavy (non-hydrogen) atoms. The Morgan fingerprint density at radius 1 is 1.06 bits per heavy atom. The molecule has 166 valence electrons. The second-order valence-electron chi connectivity index (χ2n) is 8.90. The summed E-state index contributed by atoms with van der Waals surface area (Å²) in [5.74, 6) is 0.128. The van der Waals surface area contributed by atoms with Gasteiger partial charge in [-0.3, -0.25) is 4.79 Å². The Labute approximate surface area is 191 Å². The van der Waals surface area contributed by atoms with Crippen molar-refractivity contribution in [2.45, 2.75) is 24.5 Å². The molecule has 7 nitrogen and oxygen atoms in total. The van der Waals surface area contributed by atoms with Crippen LogP contribution in [0.3, 0.4) is 0 Å². The average molecular weight is 440 g/mol. The highest BCUT2D eigenvalue weighted by atomic mass is 16.3. The first-order valence-electron chi connectivity index (χ1n) is 11.2. The second-order valence-corrected chi connectivity index (χ2v) is 8.90. The molecule has 4 N–H and O–H groups in total. The van der Waals surface area contributed by atoms with Crippen LogP contribution in [0.4, 0.5) is 5.69 Å². The van der Waals surface area contributed by atoms with Crippen LogP contribution in [0.1, 0.15) is 39.0 Å². The van der Waals surface area contributed by atoms with Gasteiger partial charge in [-0.25, -0.2) is 4.98 Å². The van der Waals surface area contributed by atoms with Crippen LogP contribution in [-0.4, -0.2) is 33.2 Å². The summed E-state index contributed by atoms with van der Waals surface area (Å²) in [6, 6.07) is 19.5. The lowest BCUT2D eigenvalue weighted by molar-refractivity contribution is 0.0951. The molecule has 0 fully saturated rings. The number of nitrogens with one attached hydrogen (secondary N) is 3. The number of aromatic hydroxyl groups is 1. The standard InChI is InChI=1S/C26H25N5O2/c1-31-14-28-21-10-15(6-9-23(21)31)12-27-13-22-24(18-4-2-3-5-20(18)29-22)25-19-11-16(32)7-8-17(19)26(33)30-25/h2-11,14,22,24-25,27,29,32H,12-13H2,1H3,(H,30,33). The van der Waals surface area contributed by atoms with E-state index in [1.807, 2.05) is 30.1 Å². The molecule has 3 unspecified atom stereocenters. The molecular weight excluding hydrogens is 414 g/mol. The second kappa shape index (κ2) is 7.64. The maximum Gasteiger partial charge on any atom is 0.252 e. The van der Waals surface area contributed by atoms with Crippen molar-refractivity contribution < 1.29 is 9.90 Å². The first-order valence-corrected chi connectivity index (χ1v) is 11.2. The Morgan fingerprint density at radius 3 is 2.85 bits per heavy atom. The number of carbonyl (C=O) groups excluding carboxylic acids is 1. The third-order valence-corrected chi connectivity index (χ3v) is 6.84. The van der Waals surface area contributed by atoms with E-state index in [-0.39, 0.29) is 29.7 Å². The van der Waals surface area contributed by atoms with Crippen molar-refractivity contribution in [1.82, 2.24) is 20.2 Å². The minimum Gasteiger partial charge on any atom is -0.508 e. The van der Waals surface area contributed by atoms with Gasteiger partial charge in [-0.1, -0.05) is 24.3 Å². The quantitative estimate of drug-likeness (QED) is 0.383. The summed E-state index contributed by atoms with van der Waals surface area (Å²) in [4.78, 5) is 17.1. The van der Waals surface area contributed by atoms with E-state index in [1.165, 1.54) is 11.1 Å². The van der Waals surface area contributed by atoms with Crippen LogP contribution in [-0.2, 0) is 13.6 Å². The zero-order chi connectivity index (χ0) is 22.5. The molecule has 4 aromatic rings. The monoisotopic (exact) mass is 439 g/mol. The minimum atomic E-state index is -0.201. The van der Waals surface area contributed by atoms with Crippen LogP contribution in [0, 0.1) is 0 Å². The molecular formula is C26H25N5O2. The molecule has 6 rings (SSSR count). The zero-order valence-electron chi connectivity index (χ0n) is 18.2. The molecule has 2 aliphatic rings. The number of carbonyl (C=O) groups is 1. The summed E-state index contributed by atoms with van der Waals surface area (Å²) in [6.45, 7) is 1.45. The van der Waals surface area contributed by atoms with E-state index in [9.17, 15) is 9.90 Å². The first kappa shape index (κ1) is 19.8. The SMILES string of the molecule is Cn1cnc2cc(CNCC3Nc4ccccc4C3C3NC(=O)c4ccc(O)cc43)ccc21. The molecule has 3 atom stereocenters. The molecule has 0 radical (unpaired) electrons. The molecule has 0 saturated heterocycles. The van der Waals surface area contributed by atoms with Gasteiger partial charge in [-0.15, -0.1) is 0 Å². The van der Waals surface area contributed by atoms with E-state index >= 15 is 0 Å². The number of amides is 1. The van der Waals surface area contributed by atoms with Gasteiger partial charge in [0.1, 0.15) is 5.75 Å². The van der Waals surface area contributed by atoms with Crippen molar-refractivity contribution in [2.24, 2.45) is 7.05 Å². The topological polar surface area (TPSA) is 91.2 Å². The third-order valence-electron chi connectivity index (χ3n) is 6.84. The van der Waals surface area contributed by atoms with Gasteiger partial charge in [0.05, 0.1) is 23.4 Å². The Bertz CT molecular complexity index is 1380. The Morgan fingerprint density at radius 2 is 1.94 bits per heavy atom. The maximum absolute atomic E-state index is 12.6. The molecule has 0 spiro atoms. The van der Waals surface area contributed by atoms with E-state index in [0.717, 1.165) is 35.4 Å². The Kier molecular flexibility index (Phi) is 4.58. The fourth-order valence-electron chi connectivity index (χ4n) is 5.27. The number of phenolic OH excluding ortho intramolecular Hbond substituents is 1. The van der Waals surface area contributed by atoms with Crippen LogP contribution < -0.4 is 16.0 Å². The van der Waals surface area contributed by atoms with Gasteiger partial charge >= 0.3 is 0 Å². The van der Waals surface area contributed by atoms with Crippen LogP contribution in [0.5, 0.6) is 5.75 Å². The van der Waals surface area contributed by atoms with Crippen molar-refractivity contribution in [1.29, 1.82) is 0 Å². The van der Waals surface area contributed by atoms with Crippen LogP contribution in [0.15, 0.2) is 67.0 Å². The molecule has 0 saturated carbocycles. The molecule has 1 amide bonds. The highest BCUT2D eigenvalue weighted by Gasteiger charge is 2.43. The third kappa shape index (κ3) is 3.32. The van der Waals surface area contributed by atoms with Crippen molar-refractivity contribution in [3.8, 4) is 5.75 Å². The number of hydrogen-bond acceptors (Lipinski definition) is 5. The van der Waals surface area contributed by atoms with Crippen molar-refractivity contribution in [3.05, 3.63) is 89.2 Å². The van der Waals surface area contributed by atoms with E-state index in [2.05, 4.69) is 51.3 Å². The molecule has 0 bridgehead atoms. The maximum atomic E-state index is 12.6. The van der Waals surface area contributed by atoms with Crippen LogP contribution in [0.2, 0.25) is 0 Å². The molecule has 3 heterocycles. The molecule has 1 aromatic heterocycles. The summed E-state index contributed by atoms with van der Waals surface area (Å²) in [5.41, 5.74) is 7.05. The van der Waals surface area contributed by atoms with Gasteiger partial charge < -0.3 is 25.6 Å². The lowest BCUT2D eigenvalue weighted by Crippen LogP contribution is -2.38. The van der Waals surface area contributed by atoms with Gasteiger partial charge in [0.2, 0.25) is 0 Å². The van der Waals surface area contributed by atoms with Gasteiger partial charge in [-0.2, -0.15) is 0 Å². The van der Waals surface area contributed by atoms with Gasteiger partial charge in [0.25, 0.3) is 5.91 Å². The van der Waals surface area contributed by atoms with Gasteiger partial charge in [0.15, 0.2) is 0 Å². The lowest BCUT2D eigenvalue weighted by Gasteiger charge is -2.27. The summed E-state index contributed by atoms with van der Waals surface area (Å²) in [6.07, 6.45) is 1.83. The van der Waals surface area contributed by atoms with E-state index < -0.39 is 0 Å². The number of para-hydroxylation sites is 1. The smallest absolute Gasteiger partial charge is 0.252 e. The first-order chi connectivity index (χ1) is 16.1. The highest BCUT2D eigenvalue weighted by Crippen LogP contribution is 2.46. The molecule has 7 heteroatoms. The van der Waals surface area contributed by atoms with Crippen molar-refractivity contribution >= 4 is 22.6 Å². The van der Waals surface area contributed by atoms with Crippen LogP contribution >= 0.6 is 0 Å².